The molecule has 0 amide bonds. The van der Waals surface area contributed by atoms with Gasteiger partial charge >= 0.3 is 0 Å². The SMILES string of the molecule is CCCCCCc1ccc(-c2cc3cc4sc5cc6cc(C)c(C)cc6cc5c4cc3cc2C)cc1. The number of aryl methyl sites for hydroxylation is 4. The maximum absolute atomic E-state index is 2.41. The van der Waals surface area contributed by atoms with E-state index in [-0.39, 0.29) is 0 Å². The molecule has 5 aromatic carbocycles. The second-order valence-corrected chi connectivity index (χ2v) is 11.7. The topological polar surface area (TPSA) is 0 Å². The molecule has 36 heavy (non-hydrogen) atoms. The molecule has 1 heterocycles. The minimum absolute atomic E-state index is 1.19. The molecule has 0 saturated carbocycles. The van der Waals surface area contributed by atoms with Gasteiger partial charge in [0.1, 0.15) is 0 Å². The van der Waals surface area contributed by atoms with Crippen molar-refractivity contribution in [1.29, 1.82) is 0 Å². The fraction of sp³-hybridized carbons (Fsp3) is 0.257. The molecule has 0 bridgehead atoms. The third-order valence-corrected chi connectivity index (χ3v) is 9.04. The first-order valence-electron chi connectivity index (χ1n) is 13.4. The van der Waals surface area contributed by atoms with Crippen LogP contribution in [0.1, 0.15) is 54.9 Å². The van der Waals surface area contributed by atoms with Crippen LogP contribution >= 0.6 is 11.3 Å². The molecule has 0 aliphatic rings. The smallest absolute Gasteiger partial charge is 0.0361 e. The average molecular weight is 487 g/mol. The van der Waals surface area contributed by atoms with Gasteiger partial charge in [0.25, 0.3) is 0 Å². The minimum atomic E-state index is 1.19. The van der Waals surface area contributed by atoms with Gasteiger partial charge in [0.05, 0.1) is 0 Å². The third-order valence-electron chi connectivity index (χ3n) is 7.93. The molecule has 0 nitrogen and oxygen atoms in total. The first-order valence-corrected chi connectivity index (χ1v) is 14.2. The van der Waals surface area contributed by atoms with Crippen LogP contribution < -0.4 is 0 Å². The summed E-state index contributed by atoms with van der Waals surface area (Å²) in [5, 5.41) is 8.09. The summed E-state index contributed by atoms with van der Waals surface area (Å²) in [6, 6.07) is 28.3. The van der Waals surface area contributed by atoms with E-state index < -0.39 is 0 Å². The van der Waals surface area contributed by atoms with Crippen molar-refractivity contribution in [2.75, 3.05) is 0 Å². The molecule has 180 valence electrons. The number of hydrogen-bond donors (Lipinski definition) is 0. The molecule has 0 saturated heterocycles. The second-order valence-electron chi connectivity index (χ2n) is 10.6. The predicted molar refractivity (Wildman–Crippen MR) is 162 cm³/mol. The molecular weight excluding hydrogens is 452 g/mol. The second kappa shape index (κ2) is 9.37. The normalized spacial score (nSPS) is 11.9. The summed E-state index contributed by atoms with van der Waals surface area (Å²) in [6.45, 7) is 8.94. The van der Waals surface area contributed by atoms with Gasteiger partial charge in [-0.25, -0.2) is 0 Å². The van der Waals surface area contributed by atoms with Crippen LogP contribution in [0.3, 0.4) is 0 Å². The fourth-order valence-electron chi connectivity index (χ4n) is 5.63. The molecule has 0 aliphatic heterocycles. The predicted octanol–water partition coefficient (Wildman–Crippen LogP) is 11.1. The van der Waals surface area contributed by atoms with Crippen molar-refractivity contribution in [1.82, 2.24) is 0 Å². The van der Waals surface area contributed by atoms with Gasteiger partial charge in [-0.1, -0.05) is 68.7 Å². The summed E-state index contributed by atoms with van der Waals surface area (Å²) >= 11 is 1.92. The fourth-order valence-corrected chi connectivity index (χ4v) is 6.79. The van der Waals surface area contributed by atoms with Gasteiger partial charge in [-0.15, -0.1) is 11.3 Å². The molecule has 1 aromatic heterocycles. The zero-order valence-electron chi connectivity index (χ0n) is 21.9. The Morgan fingerprint density at radius 1 is 0.556 bits per heavy atom. The molecule has 6 rings (SSSR count). The van der Waals surface area contributed by atoms with Crippen LogP contribution in [-0.2, 0) is 6.42 Å². The highest BCUT2D eigenvalue weighted by Crippen LogP contribution is 2.40. The van der Waals surface area contributed by atoms with Crippen LogP contribution in [0.25, 0.3) is 52.8 Å². The number of benzene rings is 5. The number of hydrogen-bond acceptors (Lipinski definition) is 1. The molecule has 0 aliphatic carbocycles. The Bertz CT molecular complexity index is 1730. The minimum Gasteiger partial charge on any atom is -0.135 e. The van der Waals surface area contributed by atoms with Crippen molar-refractivity contribution < 1.29 is 0 Å². The van der Waals surface area contributed by atoms with E-state index in [0.717, 1.165) is 0 Å². The molecule has 0 N–H and O–H groups in total. The van der Waals surface area contributed by atoms with Gasteiger partial charge in [-0.05, 0) is 119 Å². The third kappa shape index (κ3) is 4.20. The highest BCUT2D eigenvalue weighted by Gasteiger charge is 2.11. The molecule has 0 radical (unpaired) electrons. The lowest BCUT2D eigenvalue weighted by Crippen LogP contribution is -1.88. The zero-order valence-corrected chi connectivity index (χ0v) is 22.7. The van der Waals surface area contributed by atoms with Crippen LogP contribution in [0.15, 0.2) is 72.8 Å². The first kappa shape index (κ1) is 23.3. The van der Waals surface area contributed by atoms with Crippen LogP contribution in [0, 0.1) is 20.8 Å². The van der Waals surface area contributed by atoms with Crippen molar-refractivity contribution in [2.24, 2.45) is 0 Å². The lowest BCUT2D eigenvalue weighted by atomic mass is 9.94. The maximum atomic E-state index is 2.41. The quantitative estimate of drug-likeness (QED) is 0.205. The molecule has 0 atom stereocenters. The number of thiophene rings is 1. The molecule has 0 spiro atoms. The highest BCUT2D eigenvalue weighted by molar-refractivity contribution is 7.26. The molecule has 6 aromatic rings. The van der Waals surface area contributed by atoms with Gasteiger partial charge in [-0.3, -0.25) is 0 Å². The van der Waals surface area contributed by atoms with E-state index in [9.17, 15) is 0 Å². The first-order chi connectivity index (χ1) is 17.5. The zero-order chi connectivity index (χ0) is 24.8. The van der Waals surface area contributed by atoms with Crippen molar-refractivity contribution in [3.05, 3.63) is 95.1 Å². The Morgan fingerprint density at radius 3 is 1.72 bits per heavy atom. The van der Waals surface area contributed by atoms with E-state index in [0.29, 0.717) is 0 Å². The largest absolute Gasteiger partial charge is 0.135 e. The van der Waals surface area contributed by atoms with Gasteiger partial charge < -0.3 is 0 Å². The van der Waals surface area contributed by atoms with Gasteiger partial charge in [0.15, 0.2) is 0 Å². The Balaban J connectivity index is 1.40. The summed E-state index contributed by atoms with van der Waals surface area (Å²) < 4.78 is 2.75. The molecular formula is C35H34S. The summed E-state index contributed by atoms with van der Waals surface area (Å²) in [7, 11) is 0. The van der Waals surface area contributed by atoms with Crippen LogP contribution in [0.2, 0.25) is 0 Å². The van der Waals surface area contributed by atoms with Crippen molar-refractivity contribution in [2.45, 2.75) is 59.8 Å². The highest BCUT2D eigenvalue weighted by atomic mass is 32.1. The summed E-state index contributed by atoms with van der Waals surface area (Å²) in [6.07, 6.45) is 6.46. The van der Waals surface area contributed by atoms with Crippen molar-refractivity contribution >= 4 is 53.1 Å². The Morgan fingerprint density at radius 2 is 1.11 bits per heavy atom. The number of rotatable bonds is 6. The van der Waals surface area contributed by atoms with E-state index >= 15 is 0 Å². The molecule has 0 fully saturated rings. The van der Waals surface area contributed by atoms with E-state index in [1.54, 1.807) is 0 Å². The maximum Gasteiger partial charge on any atom is 0.0361 e. The van der Waals surface area contributed by atoms with Gasteiger partial charge in [-0.2, -0.15) is 0 Å². The van der Waals surface area contributed by atoms with Crippen LogP contribution in [-0.4, -0.2) is 0 Å². The van der Waals surface area contributed by atoms with Crippen molar-refractivity contribution in [3.8, 4) is 11.1 Å². The monoisotopic (exact) mass is 486 g/mol. The van der Waals surface area contributed by atoms with Crippen molar-refractivity contribution in [3.63, 3.8) is 0 Å². The molecule has 0 unspecified atom stereocenters. The van der Waals surface area contributed by atoms with E-state index in [2.05, 4.69) is 100 Å². The standard InChI is InChI=1S/C35H34S/c1-5-6-7-8-9-25-10-12-26(13-11-25)31-17-30-21-35-33(19-28(30)16-24(31)4)32-18-27-14-22(2)23(3)15-29(27)20-34(32)36-35/h10-21H,5-9H2,1-4H3. The van der Waals surface area contributed by atoms with E-state index in [4.69, 9.17) is 0 Å². The molecule has 1 heteroatoms. The Hall–Kier alpha value is -3.16. The van der Waals surface area contributed by atoms with Gasteiger partial charge in [0, 0.05) is 20.2 Å². The number of unbranched alkanes of at least 4 members (excludes halogenated alkanes) is 3. The summed E-state index contributed by atoms with van der Waals surface area (Å²) in [4.78, 5) is 0. The van der Waals surface area contributed by atoms with Crippen LogP contribution in [0.4, 0.5) is 0 Å². The lowest BCUT2D eigenvalue weighted by molar-refractivity contribution is 0.667. The Labute approximate surface area is 218 Å². The van der Waals surface area contributed by atoms with E-state index in [1.165, 1.54) is 107 Å². The lowest BCUT2D eigenvalue weighted by Gasteiger charge is -2.10. The summed E-state index contributed by atoms with van der Waals surface area (Å²) in [5.41, 5.74) is 8.18. The summed E-state index contributed by atoms with van der Waals surface area (Å²) in [5.74, 6) is 0. The Kier molecular flexibility index (Phi) is 6.05. The average Bonchev–Trinajstić information content (AvgIpc) is 3.21. The van der Waals surface area contributed by atoms with Crippen LogP contribution in [0.5, 0.6) is 0 Å². The van der Waals surface area contributed by atoms with E-state index in [1.807, 2.05) is 11.3 Å². The number of fused-ring (bicyclic) bond motifs is 5. The van der Waals surface area contributed by atoms with Gasteiger partial charge in [0.2, 0.25) is 0 Å².